The molecular formula is C16H24ClNO3. The van der Waals surface area contributed by atoms with Crippen molar-refractivity contribution in [2.24, 2.45) is 5.41 Å². The maximum absolute atomic E-state index is 6.38. The van der Waals surface area contributed by atoms with Crippen molar-refractivity contribution in [1.29, 1.82) is 0 Å². The Morgan fingerprint density at radius 3 is 2.57 bits per heavy atom. The molecule has 5 heteroatoms. The van der Waals surface area contributed by atoms with E-state index in [1.165, 1.54) is 0 Å². The normalized spacial score (nSPS) is 17.5. The summed E-state index contributed by atoms with van der Waals surface area (Å²) in [4.78, 5) is 0. The molecule has 2 rings (SSSR count). The van der Waals surface area contributed by atoms with Crippen LogP contribution < -0.4 is 14.8 Å². The van der Waals surface area contributed by atoms with E-state index >= 15 is 0 Å². The minimum Gasteiger partial charge on any atom is -0.493 e. The predicted molar refractivity (Wildman–Crippen MR) is 84.4 cm³/mol. The molecule has 0 aliphatic carbocycles. The zero-order valence-corrected chi connectivity index (χ0v) is 13.8. The molecule has 1 N–H and O–H groups in total. The Morgan fingerprint density at radius 2 is 1.95 bits per heavy atom. The van der Waals surface area contributed by atoms with Gasteiger partial charge < -0.3 is 19.5 Å². The molecule has 21 heavy (non-hydrogen) atoms. The van der Waals surface area contributed by atoms with E-state index in [9.17, 15) is 0 Å². The van der Waals surface area contributed by atoms with E-state index in [1.54, 1.807) is 14.2 Å². The fraction of sp³-hybridized carbons (Fsp3) is 0.625. The second-order valence-electron chi connectivity index (χ2n) is 5.80. The van der Waals surface area contributed by atoms with Crippen molar-refractivity contribution in [1.82, 2.24) is 5.32 Å². The SMILES string of the molecule is COc1ccc(CNCC2(C)CCOCC2)c(Cl)c1OC. The van der Waals surface area contributed by atoms with Gasteiger partial charge in [-0.25, -0.2) is 0 Å². The molecule has 1 saturated heterocycles. The predicted octanol–water partition coefficient (Wildman–Crippen LogP) is 3.26. The molecule has 1 aliphatic rings. The lowest BCUT2D eigenvalue weighted by Gasteiger charge is -2.33. The molecule has 1 heterocycles. The van der Waals surface area contributed by atoms with E-state index in [2.05, 4.69) is 12.2 Å². The van der Waals surface area contributed by atoms with Crippen molar-refractivity contribution in [3.8, 4) is 11.5 Å². The van der Waals surface area contributed by atoms with E-state index in [1.807, 2.05) is 12.1 Å². The van der Waals surface area contributed by atoms with E-state index in [4.69, 9.17) is 25.8 Å². The van der Waals surface area contributed by atoms with Crippen LogP contribution in [-0.4, -0.2) is 34.0 Å². The lowest BCUT2D eigenvalue weighted by molar-refractivity contribution is 0.0240. The fourth-order valence-electron chi connectivity index (χ4n) is 2.61. The van der Waals surface area contributed by atoms with Gasteiger partial charge in [0.2, 0.25) is 0 Å². The molecule has 1 aromatic rings. The smallest absolute Gasteiger partial charge is 0.179 e. The summed E-state index contributed by atoms with van der Waals surface area (Å²) in [5.74, 6) is 1.25. The summed E-state index contributed by atoms with van der Waals surface area (Å²) < 4.78 is 16.0. The molecule has 0 unspecified atom stereocenters. The number of methoxy groups -OCH3 is 2. The molecule has 1 aromatic carbocycles. The van der Waals surface area contributed by atoms with Crippen LogP contribution in [0.25, 0.3) is 0 Å². The minimum atomic E-state index is 0.307. The standard InChI is InChI=1S/C16H24ClNO3/c1-16(6-8-21-9-7-16)11-18-10-12-4-5-13(19-2)15(20-3)14(12)17/h4-5,18H,6-11H2,1-3H3. The van der Waals surface area contributed by atoms with Gasteiger partial charge in [-0.15, -0.1) is 0 Å². The lowest BCUT2D eigenvalue weighted by Crippen LogP contribution is -2.36. The second kappa shape index (κ2) is 7.34. The highest BCUT2D eigenvalue weighted by atomic mass is 35.5. The number of rotatable bonds is 6. The summed E-state index contributed by atoms with van der Waals surface area (Å²) in [6.07, 6.45) is 2.19. The Hall–Kier alpha value is -0.970. The first-order valence-corrected chi connectivity index (χ1v) is 7.65. The topological polar surface area (TPSA) is 39.7 Å². The summed E-state index contributed by atoms with van der Waals surface area (Å²) in [5.41, 5.74) is 1.33. The van der Waals surface area contributed by atoms with Crippen molar-refractivity contribution in [3.05, 3.63) is 22.7 Å². The lowest BCUT2D eigenvalue weighted by atomic mass is 9.82. The molecule has 0 aromatic heterocycles. The number of benzene rings is 1. The van der Waals surface area contributed by atoms with Gasteiger partial charge in [0.25, 0.3) is 0 Å². The monoisotopic (exact) mass is 313 g/mol. The van der Waals surface area contributed by atoms with Crippen LogP contribution in [0.5, 0.6) is 11.5 Å². The van der Waals surface area contributed by atoms with Crippen LogP contribution in [0.3, 0.4) is 0 Å². The Balaban J connectivity index is 1.97. The van der Waals surface area contributed by atoms with Crippen LogP contribution in [0.15, 0.2) is 12.1 Å². The zero-order chi connectivity index (χ0) is 15.3. The Morgan fingerprint density at radius 1 is 1.24 bits per heavy atom. The van der Waals surface area contributed by atoms with Gasteiger partial charge in [-0.1, -0.05) is 24.6 Å². The number of halogens is 1. The average Bonchev–Trinajstić information content (AvgIpc) is 2.49. The van der Waals surface area contributed by atoms with Crippen LogP contribution in [0.4, 0.5) is 0 Å². The summed E-state index contributed by atoms with van der Waals surface area (Å²) >= 11 is 6.38. The summed E-state index contributed by atoms with van der Waals surface area (Å²) in [6, 6.07) is 3.86. The molecule has 0 radical (unpaired) electrons. The highest BCUT2D eigenvalue weighted by Crippen LogP contribution is 2.37. The molecular weight excluding hydrogens is 290 g/mol. The molecule has 1 fully saturated rings. The van der Waals surface area contributed by atoms with E-state index in [0.29, 0.717) is 21.9 Å². The number of ether oxygens (including phenoxy) is 3. The zero-order valence-electron chi connectivity index (χ0n) is 13.0. The molecule has 0 spiro atoms. The third-order valence-corrected chi connectivity index (χ3v) is 4.55. The highest BCUT2D eigenvalue weighted by Gasteiger charge is 2.26. The highest BCUT2D eigenvalue weighted by molar-refractivity contribution is 6.33. The van der Waals surface area contributed by atoms with Gasteiger partial charge in [-0.2, -0.15) is 0 Å². The number of hydrogen-bond acceptors (Lipinski definition) is 4. The van der Waals surface area contributed by atoms with Crippen LogP contribution in [0.2, 0.25) is 5.02 Å². The third-order valence-electron chi connectivity index (χ3n) is 4.13. The molecule has 118 valence electrons. The van der Waals surface area contributed by atoms with Gasteiger partial charge in [-0.3, -0.25) is 0 Å². The molecule has 1 aliphatic heterocycles. The van der Waals surface area contributed by atoms with Crippen molar-refractivity contribution in [2.45, 2.75) is 26.3 Å². The van der Waals surface area contributed by atoms with Gasteiger partial charge >= 0.3 is 0 Å². The maximum atomic E-state index is 6.38. The summed E-state index contributed by atoms with van der Waals surface area (Å²) in [5, 5.41) is 4.12. The first-order valence-electron chi connectivity index (χ1n) is 7.27. The molecule has 0 atom stereocenters. The van der Waals surface area contributed by atoms with Crippen molar-refractivity contribution in [2.75, 3.05) is 34.0 Å². The Kier molecular flexibility index (Phi) is 5.73. The van der Waals surface area contributed by atoms with Gasteiger partial charge in [0.15, 0.2) is 11.5 Å². The van der Waals surface area contributed by atoms with E-state index in [0.717, 1.165) is 44.7 Å². The first-order chi connectivity index (χ1) is 10.1. The van der Waals surface area contributed by atoms with Gasteiger partial charge in [0.05, 0.1) is 19.2 Å². The Labute approximate surface area is 131 Å². The largest absolute Gasteiger partial charge is 0.493 e. The van der Waals surface area contributed by atoms with Crippen LogP contribution in [0, 0.1) is 5.41 Å². The molecule has 0 saturated carbocycles. The van der Waals surface area contributed by atoms with E-state index < -0.39 is 0 Å². The molecule has 0 amide bonds. The quantitative estimate of drug-likeness (QED) is 0.875. The van der Waals surface area contributed by atoms with Gasteiger partial charge in [0.1, 0.15) is 0 Å². The summed E-state index contributed by atoms with van der Waals surface area (Å²) in [6.45, 7) is 5.69. The van der Waals surface area contributed by atoms with Crippen LogP contribution >= 0.6 is 11.6 Å². The third kappa shape index (κ3) is 4.02. The van der Waals surface area contributed by atoms with Gasteiger partial charge in [-0.05, 0) is 29.9 Å². The first kappa shape index (κ1) is 16.4. The summed E-state index contributed by atoms with van der Waals surface area (Å²) in [7, 11) is 3.21. The average molecular weight is 314 g/mol. The van der Waals surface area contributed by atoms with E-state index in [-0.39, 0.29) is 0 Å². The van der Waals surface area contributed by atoms with Crippen LogP contribution in [-0.2, 0) is 11.3 Å². The second-order valence-corrected chi connectivity index (χ2v) is 6.18. The maximum Gasteiger partial charge on any atom is 0.179 e. The number of hydrogen-bond donors (Lipinski definition) is 1. The fourth-order valence-corrected chi connectivity index (χ4v) is 2.91. The number of nitrogens with one attached hydrogen (secondary N) is 1. The van der Waals surface area contributed by atoms with Crippen molar-refractivity contribution < 1.29 is 14.2 Å². The van der Waals surface area contributed by atoms with Crippen molar-refractivity contribution in [3.63, 3.8) is 0 Å². The van der Waals surface area contributed by atoms with Gasteiger partial charge in [0, 0.05) is 26.3 Å². The van der Waals surface area contributed by atoms with Crippen molar-refractivity contribution >= 4 is 11.6 Å². The molecule has 4 nitrogen and oxygen atoms in total. The minimum absolute atomic E-state index is 0.307. The van der Waals surface area contributed by atoms with Crippen LogP contribution in [0.1, 0.15) is 25.3 Å². The Bertz CT molecular complexity index is 473. The molecule has 0 bridgehead atoms.